The first-order chi connectivity index (χ1) is 17.2. The molecular formula is C35H70. The molecular weight excluding hydrogens is 420 g/mol. The van der Waals surface area contributed by atoms with Gasteiger partial charge in [-0.2, -0.15) is 0 Å². The summed E-state index contributed by atoms with van der Waals surface area (Å²) in [6.07, 6.45) is 42.7. The van der Waals surface area contributed by atoms with Crippen LogP contribution in [0, 0.1) is 11.8 Å². The fourth-order valence-electron chi connectivity index (χ4n) is 5.63. The average molecular weight is 491 g/mol. The number of hydrogen-bond acceptors (Lipinski definition) is 0. The summed E-state index contributed by atoms with van der Waals surface area (Å²) in [7, 11) is 0. The van der Waals surface area contributed by atoms with E-state index in [4.69, 9.17) is 0 Å². The molecule has 0 aliphatic carbocycles. The van der Waals surface area contributed by atoms with E-state index < -0.39 is 0 Å². The molecule has 0 heteroatoms. The van der Waals surface area contributed by atoms with E-state index in [1.807, 2.05) is 0 Å². The van der Waals surface area contributed by atoms with Gasteiger partial charge in [0.15, 0.2) is 0 Å². The molecule has 0 rings (SSSR count). The van der Waals surface area contributed by atoms with Crippen LogP contribution >= 0.6 is 0 Å². The molecule has 0 nitrogen and oxygen atoms in total. The Morgan fingerprint density at radius 1 is 0.400 bits per heavy atom. The highest BCUT2D eigenvalue weighted by Crippen LogP contribution is 2.22. The zero-order valence-electron chi connectivity index (χ0n) is 25.2. The van der Waals surface area contributed by atoms with Crippen LogP contribution in [0.3, 0.4) is 0 Å². The van der Waals surface area contributed by atoms with Crippen molar-refractivity contribution in [1.82, 2.24) is 0 Å². The quantitative estimate of drug-likeness (QED) is 0.0693. The van der Waals surface area contributed by atoms with Gasteiger partial charge in [-0.05, 0) is 24.7 Å². The Labute approximate surface area is 224 Å². The Balaban J connectivity index is 3.27. The van der Waals surface area contributed by atoms with Gasteiger partial charge in [0.25, 0.3) is 0 Å². The Bertz CT molecular complexity index is 383. The minimum atomic E-state index is 0.946. The summed E-state index contributed by atoms with van der Waals surface area (Å²) in [6, 6.07) is 0. The zero-order valence-corrected chi connectivity index (χ0v) is 25.2. The summed E-state index contributed by atoms with van der Waals surface area (Å²) in [5.74, 6) is 1.90. The van der Waals surface area contributed by atoms with Crippen LogP contribution < -0.4 is 0 Å². The van der Waals surface area contributed by atoms with E-state index in [9.17, 15) is 0 Å². The second kappa shape index (κ2) is 30.0. The standard InChI is InChI=1S/C35H70/c1-5-7-9-11-13-15-17-18-19-20-22-24-26-28-31-35(4)33-29-32-34(3)30-27-25-23-21-16-14-12-10-8-6-2/h6,34-35H,2,5,7-33H2,1,3-4H3/t34-,35+/m0/s1. The first-order valence-corrected chi connectivity index (χ1v) is 16.8. The zero-order chi connectivity index (χ0) is 25.7. The number of allylic oxidation sites excluding steroid dienone is 1. The molecule has 0 amide bonds. The number of hydrogen-bond donors (Lipinski definition) is 0. The Hall–Kier alpha value is -0.260. The largest absolute Gasteiger partial charge is 0.103 e. The Morgan fingerprint density at radius 2 is 0.686 bits per heavy atom. The van der Waals surface area contributed by atoms with Crippen LogP contribution in [-0.2, 0) is 0 Å². The third-order valence-corrected chi connectivity index (χ3v) is 8.30. The predicted octanol–water partition coefficient (Wildman–Crippen LogP) is 13.4. The average Bonchev–Trinajstić information content (AvgIpc) is 2.85. The van der Waals surface area contributed by atoms with Gasteiger partial charge in [-0.1, -0.05) is 194 Å². The van der Waals surface area contributed by atoms with Gasteiger partial charge in [-0.25, -0.2) is 0 Å². The minimum absolute atomic E-state index is 0.946. The lowest BCUT2D eigenvalue weighted by molar-refractivity contribution is 0.390. The van der Waals surface area contributed by atoms with Gasteiger partial charge in [0, 0.05) is 0 Å². The summed E-state index contributed by atoms with van der Waals surface area (Å²) in [6.45, 7) is 11.1. The second-order valence-corrected chi connectivity index (χ2v) is 12.2. The lowest BCUT2D eigenvalue weighted by Crippen LogP contribution is -1.99. The molecule has 0 aromatic rings. The molecule has 0 radical (unpaired) electrons. The predicted molar refractivity (Wildman–Crippen MR) is 163 cm³/mol. The Kier molecular flexibility index (Phi) is 29.7. The molecule has 210 valence electrons. The van der Waals surface area contributed by atoms with Crippen molar-refractivity contribution in [2.75, 3.05) is 0 Å². The molecule has 2 atom stereocenters. The first kappa shape index (κ1) is 34.7. The van der Waals surface area contributed by atoms with E-state index in [0.29, 0.717) is 0 Å². The normalized spacial score (nSPS) is 13.2. The van der Waals surface area contributed by atoms with Crippen molar-refractivity contribution in [2.24, 2.45) is 11.8 Å². The van der Waals surface area contributed by atoms with E-state index in [0.717, 1.165) is 11.8 Å². The summed E-state index contributed by atoms with van der Waals surface area (Å²) in [5, 5.41) is 0. The van der Waals surface area contributed by atoms with Crippen molar-refractivity contribution >= 4 is 0 Å². The summed E-state index contributed by atoms with van der Waals surface area (Å²) < 4.78 is 0. The van der Waals surface area contributed by atoms with Crippen LogP contribution in [0.2, 0.25) is 0 Å². The van der Waals surface area contributed by atoms with Gasteiger partial charge < -0.3 is 0 Å². The highest BCUT2D eigenvalue weighted by atomic mass is 14.1. The van der Waals surface area contributed by atoms with Crippen molar-refractivity contribution in [3.63, 3.8) is 0 Å². The van der Waals surface area contributed by atoms with Crippen molar-refractivity contribution < 1.29 is 0 Å². The lowest BCUT2D eigenvalue weighted by atomic mass is 9.92. The Morgan fingerprint density at radius 3 is 1.03 bits per heavy atom. The molecule has 0 bridgehead atoms. The van der Waals surface area contributed by atoms with E-state index >= 15 is 0 Å². The molecule has 0 N–H and O–H groups in total. The molecule has 0 unspecified atom stereocenters. The smallest absolute Gasteiger partial charge is 0.0353 e. The second-order valence-electron chi connectivity index (χ2n) is 12.2. The van der Waals surface area contributed by atoms with E-state index in [-0.39, 0.29) is 0 Å². The number of unbranched alkanes of at least 4 members (excludes halogenated alkanes) is 21. The first-order valence-electron chi connectivity index (χ1n) is 16.8. The topological polar surface area (TPSA) is 0 Å². The molecule has 0 aromatic carbocycles. The molecule has 0 aliphatic heterocycles. The lowest BCUT2D eigenvalue weighted by Gasteiger charge is -2.14. The SMILES string of the molecule is C=CCCCCCCCCCC[C@H](C)CCC[C@H](C)CCCCCCCCCCCCCCCC. The van der Waals surface area contributed by atoms with Crippen LogP contribution in [0.15, 0.2) is 12.7 Å². The number of rotatable bonds is 30. The summed E-state index contributed by atoms with van der Waals surface area (Å²) in [5.41, 5.74) is 0. The minimum Gasteiger partial charge on any atom is -0.103 e. The van der Waals surface area contributed by atoms with Crippen molar-refractivity contribution in [1.29, 1.82) is 0 Å². The maximum absolute atomic E-state index is 3.81. The van der Waals surface area contributed by atoms with Crippen LogP contribution in [0.5, 0.6) is 0 Å². The molecule has 0 fully saturated rings. The third-order valence-electron chi connectivity index (χ3n) is 8.30. The highest BCUT2D eigenvalue weighted by Gasteiger charge is 2.06. The highest BCUT2D eigenvalue weighted by molar-refractivity contribution is 4.65. The van der Waals surface area contributed by atoms with Crippen molar-refractivity contribution in [3.05, 3.63) is 12.7 Å². The van der Waals surface area contributed by atoms with Gasteiger partial charge in [0.05, 0.1) is 0 Å². The van der Waals surface area contributed by atoms with E-state index in [1.54, 1.807) is 0 Å². The van der Waals surface area contributed by atoms with E-state index in [2.05, 4.69) is 33.4 Å². The molecule has 0 spiro atoms. The molecule has 0 heterocycles. The molecule has 0 saturated carbocycles. The van der Waals surface area contributed by atoms with E-state index in [1.165, 1.54) is 180 Å². The van der Waals surface area contributed by atoms with Gasteiger partial charge in [-0.15, -0.1) is 6.58 Å². The maximum atomic E-state index is 3.81. The monoisotopic (exact) mass is 491 g/mol. The fraction of sp³-hybridized carbons (Fsp3) is 0.943. The van der Waals surface area contributed by atoms with Crippen molar-refractivity contribution in [3.8, 4) is 0 Å². The van der Waals surface area contributed by atoms with Crippen LogP contribution in [-0.4, -0.2) is 0 Å². The van der Waals surface area contributed by atoms with Gasteiger partial charge in [0.1, 0.15) is 0 Å². The van der Waals surface area contributed by atoms with Crippen LogP contribution in [0.4, 0.5) is 0 Å². The molecule has 0 aliphatic rings. The van der Waals surface area contributed by atoms with Gasteiger partial charge in [0.2, 0.25) is 0 Å². The third kappa shape index (κ3) is 29.9. The van der Waals surface area contributed by atoms with Gasteiger partial charge in [-0.3, -0.25) is 0 Å². The van der Waals surface area contributed by atoms with Gasteiger partial charge >= 0.3 is 0 Å². The van der Waals surface area contributed by atoms with Crippen LogP contribution in [0.1, 0.15) is 201 Å². The molecule has 35 heavy (non-hydrogen) atoms. The molecule has 0 aromatic heterocycles. The van der Waals surface area contributed by atoms with Crippen LogP contribution in [0.25, 0.3) is 0 Å². The molecule has 0 saturated heterocycles. The maximum Gasteiger partial charge on any atom is -0.0353 e. The van der Waals surface area contributed by atoms with Crippen molar-refractivity contribution in [2.45, 2.75) is 201 Å². The summed E-state index contributed by atoms with van der Waals surface area (Å²) in [4.78, 5) is 0. The summed E-state index contributed by atoms with van der Waals surface area (Å²) >= 11 is 0. The fourth-order valence-corrected chi connectivity index (χ4v) is 5.63.